The van der Waals surface area contributed by atoms with Gasteiger partial charge < -0.3 is 10.6 Å². The molecule has 0 saturated heterocycles. The number of halogens is 1. The molecule has 1 aromatic carbocycles. The van der Waals surface area contributed by atoms with Crippen LogP contribution in [0.2, 0.25) is 0 Å². The molecule has 1 aliphatic rings. The van der Waals surface area contributed by atoms with Crippen molar-refractivity contribution in [3.63, 3.8) is 0 Å². The van der Waals surface area contributed by atoms with Crippen LogP contribution < -0.4 is 10.6 Å². The molecule has 1 heterocycles. The fraction of sp³-hybridized carbons (Fsp3) is 0.381. The summed E-state index contributed by atoms with van der Waals surface area (Å²) in [4.78, 5) is 28.8. The average molecular weight is 369 g/mol. The summed E-state index contributed by atoms with van der Waals surface area (Å²) in [5, 5.41) is 5.71. The summed E-state index contributed by atoms with van der Waals surface area (Å²) in [5.74, 6) is -0.972. The summed E-state index contributed by atoms with van der Waals surface area (Å²) < 4.78 is 13.6. The maximum absolute atomic E-state index is 13.6. The number of hydrogen-bond donors (Lipinski definition) is 2. The smallest absolute Gasteiger partial charge is 0.253 e. The minimum atomic E-state index is -0.394. The second kappa shape index (κ2) is 9.26. The predicted molar refractivity (Wildman–Crippen MR) is 101 cm³/mol. The van der Waals surface area contributed by atoms with Crippen LogP contribution in [0.3, 0.4) is 0 Å². The lowest BCUT2D eigenvalue weighted by atomic mass is 10.1. The zero-order valence-electron chi connectivity index (χ0n) is 15.2. The summed E-state index contributed by atoms with van der Waals surface area (Å²) in [6, 6.07) is 7.98. The van der Waals surface area contributed by atoms with Gasteiger partial charge in [-0.05, 0) is 25.0 Å². The van der Waals surface area contributed by atoms with Gasteiger partial charge >= 0.3 is 0 Å². The van der Waals surface area contributed by atoms with Gasteiger partial charge in [-0.1, -0.05) is 43.9 Å². The molecule has 2 N–H and O–H groups in total. The van der Waals surface area contributed by atoms with Crippen LogP contribution in [0.5, 0.6) is 0 Å². The summed E-state index contributed by atoms with van der Waals surface area (Å²) in [6.07, 6.45) is 9.52. The van der Waals surface area contributed by atoms with Crippen LogP contribution in [0.25, 0.3) is 0 Å². The van der Waals surface area contributed by atoms with Crippen molar-refractivity contribution in [1.29, 1.82) is 0 Å². The Morgan fingerprint density at radius 2 is 1.67 bits per heavy atom. The van der Waals surface area contributed by atoms with Crippen molar-refractivity contribution in [3.05, 3.63) is 65.2 Å². The van der Waals surface area contributed by atoms with Crippen LogP contribution in [-0.2, 0) is 6.54 Å². The van der Waals surface area contributed by atoms with Crippen molar-refractivity contribution in [3.8, 4) is 0 Å². The summed E-state index contributed by atoms with van der Waals surface area (Å²) in [7, 11) is 0. The Labute approximate surface area is 158 Å². The van der Waals surface area contributed by atoms with Crippen LogP contribution in [0.4, 0.5) is 4.39 Å². The quantitative estimate of drug-likeness (QED) is 0.791. The summed E-state index contributed by atoms with van der Waals surface area (Å²) >= 11 is 0. The number of hydrogen-bond acceptors (Lipinski definition) is 3. The molecule has 0 bridgehead atoms. The highest BCUT2D eigenvalue weighted by molar-refractivity contribution is 5.99. The first-order valence-electron chi connectivity index (χ1n) is 9.41. The lowest BCUT2D eigenvalue weighted by Gasteiger charge is -2.16. The molecule has 142 valence electrons. The Bertz CT molecular complexity index is 802. The van der Waals surface area contributed by atoms with Gasteiger partial charge in [0.25, 0.3) is 11.8 Å². The Balaban J connectivity index is 1.61. The first-order chi connectivity index (χ1) is 13.1. The van der Waals surface area contributed by atoms with Crippen molar-refractivity contribution in [2.75, 3.05) is 0 Å². The van der Waals surface area contributed by atoms with E-state index in [4.69, 9.17) is 0 Å². The number of carbonyl (C=O) groups excluding carboxylic acids is 2. The first kappa shape index (κ1) is 19.0. The van der Waals surface area contributed by atoms with Gasteiger partial charge in [-0.25, -0.2) is 4.39 Å². The first-order valence-corrected chi connectivity index (χ1v) is 9.41. The molecule has 0 radical (unpaired) electrons. The number of benzene rings is 1. The lowest BCUT2D eigenvalue weighted by molar-refractivity contribution is 0.0933. The molecular formula is C21H24FN3O2. The molecule has 0 unspecified atom stereocenters. The Hall–Kier alpha value is -2.76. The molecule has 0 atom stereocenters. The third kappa shape index (κ3) is 5.36. The number of aromatic nitrogens is 1. The summed E-state index contributed by atoms with van der Waals surface area (Å²) in [6.45, 7) is 0.0734. The van der Waals surface area contributed by atoms with Crippen LogP contribution in [0, 0.1) is 5.82 Å². The van der Waals surface area contributed by atoms with Crippen LogP contribution in [-0.4, -0.2) is 22.8 Å². The third-order valence-electron chi connectivity index (χ3n) is 4.85. The number of amides is 2. The number of nitrogens with zero attached hydrogens (tertiary/aromatic N) is 1. The van der Waals surface area contributed by atoms with Gasteiger partial charge in [0.05, 0.1) is 11.1 Å². The predicted octanol–water partition coefficient (Wildman–Crippen LogP) is 3.60. The largest absolute Gasteiger partial charge is 0.349 e. The van der Waals surface area contributed by atoms with E-state index in [1.165, 1.54) is 37.4 Å². The second-order valence-corrected chi connectivity index (χ2v) is 6.90. The van der Waals surface area contributed by atoms with Gasteiger partial charge in [-0.2, -0.15) is 0 Å². The van der Waals surface area contributed by atoms with Gasteiger partial charge in [-0.3, -0.25) is 14.6 Å². The maximum atomic E-state index is 13.6. The average Bonchev–Trinajstić information content (AvgIpc) is 2.96. The van der Waals surface area contributed by atoms with Crippen LogP contribution in [0.15, 0.2) is 42.7 Å². The Morgan fingerprint density at radius 3 is 2.37 bits per heavy atom. The van der Waals surface area contributed by atoms with Gasteiger partial charge in [-0.15, -0.1) is 0 Å². The second-order valence-electron chi connectivity index (χ2n) is 6.90. The zero-order valence-corrected chi connectivity index (χ0v) is 15.2. The van der Waals surface area contributed by atoms with Gasteiger partial charge in [0.2, 0.25) is 0 Å². The lowest BCUT2D eigenvalue weighted by Crippen LogP contribution is -2.34. The van der Waals surface area contributed by atoms with E-state index in [1.54, 1.807) is 18.2 Å². The highest BCUT2D eigenvalue weighted by Crippen LogP contribution is 2.17. The van der Waals surface area contributed by atoms with Crippen molar-refractivity contribution in [2.24, 2.45) is 0 Å². The van der Waals surface area contributed by atoms with E-state index in [9.17, 15) is 14.0 Å². The highest BCUT2D eigenvalue weighted by atomic mass is 19.1. The Morgan fingerprint density at radius 1 is 1.00 bits per heavy atom. The molecule has 2 amide bonds. The summed E-state index contributed by atoms with van der Waals surface area (Å²) in [5.41, 5.74) is 1.04. The van der Waals surface area contributed by atoms with Crippen LogP contribution in [0.1, 0.15) is 64.8 Å². The standard InChI is InChI=1S/C21H24FN3O2/c22-19-10-6-5-7-15(19)14-24-20(26)16-11-17(13-23-12-16)21(27)25-18-8-3-1-2-4-9-18/h5-7,10-13,18H,1-4,8-9,14H2,(H,24,26)(H,25,27). The van der Waals surface area contributed by atoms with Crippen molar-refractivity contribution in [1.82, 2.24) is 15.6 Å². The molecule has 3 rings (SSSR count). The fourth-order valence-electron chi connectivity index (χ4n) is 3.30. The zero-order chi connectivity index (χ0) is 19.1. The van der Waals surface area contributed by atoms with Crippen LogP contribution >= 0.6 is 0 Å². The van der Waals surface area contributed by atoms with E-state index in [2.05, 4.69) is 15.6 Å². The molecule has 5 nitrogen and oxygen atoms in total. The van der Waals surface area contributed by atoms with E-state index in [-0.39, 0.29) is 29.9 Å². The monoisotopic (exact) mass is 369 g/mol. The fourth-order valence-corrected chi connectivity index (χ4v) is 3.30. The SMILES string of the molecule is O=C(NCc1ccccc1F)c1cncc(C(=O)NC2CCCCCC2)c1. The van der Waals surface area contributed by atoms with E-state index < -0.39 is 5.91 Å². The minimum Gasteiger partial charge on any atom is -0.349 e. The molecule has 2 aromatic rings. The molecule has 0 spiro atoms. The molecule has 1 aliphatic carbocycles. The molecule has 1 aromatic heterocycles. The van der Waals surface area contributed by atoms with Gasteiger partial charge in [0, 0.05) is 30.5 Å². The van der Waals surface area contributed by atoms with Crippen molar-refractivity contribution >= 4 is 11.8 Å². The van der Waals surface area contributed by atoms with Crippen molar-refractivity contribution in [2.45, 2.75) is 51.1 Å². The molecular weight excluding hydrogens is 345 g/mol. The topological polar surface area (TPSA) is 71.1 Å². The molecule has 27 heavy (non-hydrogen) atoms. The Kier molecular flexibility index (Phi) is 6.52. The molecule has 1 fully saturated rings. The number of nitrogens with one attached hydrogen (secondary N) is 2. The van der Waals surface area contributed by atoms with E-state index in [1.807, 2.05) is 0 Å². The van der Waals surface area contributed by atoms with E-state index in [0.717, 1.165) is 25.7 Å². The number of rotatable bonds is 5. The molecule has 0 aliphatic heterocycles. The van der Waals surface area contributed by atoms with E-state index in [0.29, 0.717) is 11.1 Å². The van der Waals surface area contributed by atoms with E-state index >= 15 is 0 Å². The maximum Gasteiger partial charge on any atom is 0.253 e. The number of pyridine rings is 1. The van der Waals surface area contributed by atoms with Gasteiger partial charge in [0.15, 0.2) is 0 Å². The number of carbonyl (C=O) groups is 2. The third-order valence-corrected chi connectivity index (χ3v) is 4.85. The van der Waals surface area contributed by atoms with Crippen molar-refractivity contribution < 1.29 is 14.0 Å². The van der Waals surface area contributed by atoms with Gasteiger partial charge in [0.1, 0.15) is 5.82 Å². The molecule has 1 saturated carbocycles. The highest BCUT2D eigenvalue weighted by Gasteiger charge is 2.17. The normalized spacial score (nSPS) is 15.0. The molecule has 6 heteroatoms. The minimum absolute atomic E-state index is 0.0734.